The highest BCUT2D eigenvalue weighted by atomic mass is 16.4. The van der Waals surface area contributed by atoms with Crippen LogP contribution in [0.25, 0.3) is 28.3 Å². The van der Waals surface area contributed by atoms with Gasteiger partial charge in [0.25, 0.3) is 11.5 Å². The second kappa shape index (κ2) is 3.00. The van der Waals surface area contributed by atoms with E-state index in [1.807, 2.05) is 30.6 Å². The van der Waals surface area contributed by atoms with Crippen molar-refractivity contribution >= 4 is 16.9 Å². The molecule has 0 fully saturated rings. The van der Waals surface area contributed by atoms with Crippen LogP contribution >= 0.6 is 0 Å². The van der Waals surface area contributed by atoms with E-state index in [0.717, 1.165) is 34.9 Å². The molecule has 0 unspecified atom stereocenters. The summed E-state index contributed by atoms with van der Waals surface area (Å²) in [7, 11) is 0. The number of hydrogen-bond donors (Lipinski definition) is 0. The first-order chi connectivity index (χ1) is 9.42. The summed E-state index contributed by atoms with van der Waals surface area (Å²) in [6.45, 7) is 0.796. The number of nitrogens with zero attached hydrogens (tertiary/aromatic N) is 4. The predicted octanol–water partition coefficient (Wildman–Crippen LogP) is 1.79. The highest BCUT2D eigenvalue weighted by Crippen LogP contribution is 2.30. The summed E-state index contributed by atoms with van der Waals surface area (Å²) in [5, 5.41) is 0. The second-order valence-corrected chi connectivity index (χ2v) is 4.68. The molecule has 0 aromatic carbocycles. The third-order valence-corrected chi connectivity index (χ3v) is 3.61. The van der Waals surface area contributed by atoms with Gasteiger partial charge < -0.3 is 4.42 Å². The van der Waals surface area contributed by atoms with Gasteiger partial charge in [0.1, 0.15) is 6.54 Å². The number of hydrogen-bond acceptors (Lipinski definition) is 3. The third-order valence-electron chi connectivity index (χ3n) is 3.61. The van der Waals surface area contributed by atoms with Crippen LogP contribution in [0, 0.1) is 0 Å². The number of imidazole rings is 1. The molecule has 5 nitrogen and oxygen atoms in total. The Morgan fingerprint density at radius 3 is 3.05 bits per heavy atom. The number of oxazole rings is 1. The van der Waals surface area contributed by atoms with Crippen molar-refractivity contribution in [2.75, 3.05) is 0 Å². The van der Waals surface area contributed by atoms with Gasteiger partial charge in [-0.3, -0.25) is 4.98 Å². The van der Waals surface area contributed by atoms with Crippen LogP contribution in [0.5, 0.6) is 0 Å². The van der Waals surface area contributed by atoms with Crippen LogP contribution in [0.15, 0.2) is 47.3 Å². The molecule has 0 amide bonds. The summed E-state index contributed by atoms with van der Waals surface area (Å²) >= 11 is 0. The summed E-state index contributed by atoms with van der Waals surface area (Å²) < 4.78 is 10.1. The van der Waals surface area contributed by atoms with E-state index in [2.05, 4.69) is 25.0 Å². The zero-order valence-corrected chi connectivity index (χ0v) is 9.95. The molecule has 90 valence electrons. The van der Waals surface area contributed by atoms with Crippen molar-refractivity contribution in [2.24, 2.45) is 0 Å². The van der Waals surface area contributed by atoms with E-state index >= 15 is 0 Å². The lowest BCUT2D eigenvalue weighted by atomic mass is 10.2. The molecular weight excluding hydrogens is 240 g/mol. The van der Waals surface area contributed by atoms with Gasteiger partial charge in [-0.15, -0.1) is 0 Å². The fraction of sp³-hybridized carbons (Fsp3) is 0.0714. The Balaban J connectivity index is 2.00. The van der Waals surface area contributed by atoms with E-state index in [9.17, 15) is 0 Å². The lowest BCUT2D eigenvalue weighted by Crippen LogP contribution is -2.29. The molecule has 19 heavy (non-hydrogen) atoms. The number of pyridine rings is 2. The van der Waals surface area contributed by atoms with Gasteiger partial charge in [-0.2, -0.15) is 4.40 Å². The minimum Gasteiger partial charge on any atom is -0.396 e. The molecule has 0 N–H and O–H groups in total. The van der Waals surface area contributed by atoms with Crippen molar-refractivity contribution in [3.05, 3.63) is 48.5 Å². The molecule has 0 spiro atoms. The summed E-state index contributed by atoms with van der Waals surface area (Å²) in [6, 6.07) is 8.01. The van der Waals surface area contributed by atoms with E-state index in [-0.39, 0.29) is 0 Å². The standard InChI is InChI=1S/C14H9N4O/c1-3-9-10(15-5-1)7-17-8-12-18(14(9)17)11-4-2-6-16-13(11)19-12/h1-6,8H,7H2/q+1. The Labute approximate surface area is 107 Å². The summed E-state index contributed by atoms with van der Waals surface area (Å²) in [5.74, 6) is 1.12. The first-order valence-electron chi connectivity index (χ1n) is 6.14. The van der Waals surface area contributed by atoms with E-state index in [0.29, 0.717) is 5.71 Å². The molecule has 1 aliphatic heterocycles. The molecule has 0 atom stereocenters. The minimum absolute atomic E-state index is 0.665. The number of rotatable bonds is 0. The molecule has 0 saturated heterocycles. The number of aromatic nitrogens is 4. The number of fused-ring (bicyclic) bond motifs is 7. The maximum atomic E-state index is 5.78. The summed E-state index contributed by atoms with van der Waals surface area (Å²) in [4.78, 5) is 8.70. The van der Waals surface area contributed by atoms with Crippen LogP contribution in [-0.2, 0) is 6.54 Å². The average molecular weight is 249 g/mol. The second-order valence-electron chi connectivity index (χ2n) is 4.68. The predicted molar refractivity (Wildman–Crippen MR) is 67.5 cm³/mol. The van der Waals surface area contributed by atoms with Crippen molar-refractivity contribution < 1.29 is 8.98 Å². The van der Waals surface area contributed by atoms with Crippen LogP contribution in [0.4, 0.5) is 0 Å². The van der Waals surface area contributed by atoms with Crippen LogP contribution in [0.1, 0.15) is 5.69 Å². The molecule has 0 aliphatic carbocycles. The maximum Gasteiger partial charge on any atom is 0.337 e. The SMILES string of the molecule is c1cnc2c(c1)-c1n3c(c[n+]1C2)oc1ncccc13. The fourth-order valence-electron chi connectivity index (χ4n) is 2.84. The fourth-order valence-corrected chi connectivity index (χ4v) is 2.84. The van der Waals surface area contributed by atoms with Crippen molar-refractivity contribution in [3.8, 4) is 11.4 Å². The van der Waals surface area contributed by atoms with E-state index < -0.39 is 0 Å². The molecule has 1 aliphatic rings. The topological polar surface area (TPSA) is 47.2 Å². The lowest BCUT2D eigenvalue weighted by Gasteiger charge is -1.91. The van der Waals surface area contributed by atoms with Crippen molar-refractivity contribution in [1.82, 2.24) is 14.4 Å². The highest BCUT2D eigenvalue weighted by molar-refractivity contribution is 5.77. The smallest absolute Gasteiger partial charge is 0.337 e. The first-order valence-corrected chi connectivity index (χ1v) is 6.14. The quantitative estimate of drug-likeness (QED) is 0.393. The molecule has 4 aromatic heterocycles. The summed E-state index contributed by atoms with van der Waals surface area (Å²) in [6.07, 6.45) is 5.59. The Bertz CT molecular complexity index is 951. The zero-order valence-electron chi connectivity index (χ0n) is 9.95. The van der Waals surface area contributed by atoms with Gasteiger partial charge in [0, 0.05) is 12.4 Å². The lowest BCUT2D eigenvalue weighted by molar-refractivity contribution is -0.670. The van der Waals surface area contributed by atoms with Crippen LogP contribution < -0.4 is 4.57 Å². The molecule has 0 radical (unpaired) electrons. The Morgan fingerprint density at radius 2 is 2.05 bits per heavy atom. The molecule has 5 heteroatoms. The van der Waals surface area contributed by atoms with Crippen LogP contribution in [-0.4, -0.2) is 14.4 Å². The molecule has 0 bridgehead atoms. The van der Waals surface area contributed by atoms with E-state index in [1.54, 1.807) is 6.20 Å². The van der Waals surface area contributed by atoms with Gasteiger partial charge >= 0.3 is 5.71 Å². The van der Waals surface area contributed by atoms with Gasteiger partial charge in [0.05, 0.1) is 11.3 Å². The third kappa shape index (κ3) is 1.03. The van der Waals surface area contributed by atoms with Crippen LogP contribution in [0.2, 0.25) is 0 Å². The van der Waals surface area contributed by atoms with Crippen molar-refractivity contribution in [1.29, 1.82) is 0 Å². The largest absolute Gasteiger partial charge is 0.396 e. The Hall–Kier alpha value is -2.69. The van der Waals surface area contributed by atoms with Gasteiger partial charge in [-0.05, 0) is 24.3 Å². The van der Waals surface area contributed by atoms with Crippen LogP contribution in [0.3, 0.4) is 0 Å². The molecule has 0 saturated carbocycles. The normalized spacial score (nSPS) is 13.1. The van der Waals surface area contributed by atoms with Crippen molar-refractivity contribution in [2.45, 2.75) is 6.54 Å². The summed E-state index contributed by atoms with van der Waals surface area (Å²) in [5.41, 5.74) is 4.73. The van der Waals surface area contributed by atoms with Gasteiger partial charge in [-0.25, -0.2) is 9.55 Å². The first kappa shape index (κ1) is 9.27. The molecule has 5 rings (SSSR count). The monoisotopic (exact) mass is 249 g/mol. The van der Waals surface area contributed by atoms with Crippen molar-refractivity contribution in [3.63, 3.8) is 0 Å². The highest BCUT2D eigenvalue weighted by Gasteiger charge is 2.33. The minimum atomic E-state index is 0.665. The van der Waals surface area contributed by atoms with Gasteiger partial charge in [0.15, 0.2) is 11.7 Å². The average Bonchev–Trinajstić information content (AvgIpc) is 3.04. The zero-order chi connectivity index (χ0) is 12.4. The molecule has 5 heterocycles. The van der Waals surface area contributed by atoms with Gasteiger partial charge in [0.2, 0.25) is 0 Å². The Morgan fingerprint density at radius 1 is 1.16 bits per heavy atom. The molecular formula is C14H9N4O+. The molecule has 4 aromatic rings. The van der Waals surface area contributed by atoms with E-state index in [1.165, 1.54) is 0 Å². The maximum absolute atomic E-state index is 5.78. The van der Waals surface area contributed by atoms with E-state index in [4.69, 9.17) is 4.42 Å². The van der Waals surface area contributed by atoms with Gasteiger partial charge in [-0.1, -0.05) is 0 Å². The Kier molecular flexibility index (Phi) is 1.46.